The molecule has 0 radical (unpaired) electrons. The van der Waals surface area contributed by atoms with Crippen molar-refractivity contribution in [3.05, 3.63) is 58.0 Å². The lowest BCUT2D eigenvalue weighted by atomic mass is 10.2. The number of nitro benzene ring substituents is 1. The van der Waals surface area contributed by atoms with Gasteiger partial charge in [-0.1, -0.05) is 17.4 Å². The van der Waals surface area contributed by atoms with Crippen molar-refractivity contribution in [1.29, 1.82) is 0 Å². The summed E-state index contributed by atoms with van der Waals surface area (Å²) in [6.07, 6.45) is 1.61. The number of nitro groups is 1. The average molecular weight is 348 g/mol. The summed E-state index contributed by atoms with van der Waals surface area (Å²) in [6.45, 7) is 2.33. The number of aryl methyl sites for hydroxylation is 1. The van der Waals surface area contributed by atoms with E-state index in [1.165, 1.54) is 23.1 Å². The highest BCUT2D eigenvalue weighted by molar-refractivity contribution is 8.01. The molecular formula is C14H12N4O3S2. The number of hydrogen-bond acceptors (Lipinski definition) is 8. The summed E-state index contributed by atoms with van der Waals surface area (Å²) in [5, 5.41) is 23.0. The Morgan fingerprint density at radius 3 is 3.00 bits per heavy atom. The van der Waals surface area contributed by atoms with Crippen LogP contribution in [-0.2, 0) is 6.54 Å². The largest absolute Gasteiger partial charge is 0.467 e. The van der Waals surface area contributed by atoms with E-state index in [9.17, 15) is 10.1 Å². The second-order valence-corrected chi connectivity index (χ2v) is 6.90. The predicted molar refractivity (Wildman–Crippen MR) is 87.9 cm³/mol. The Labute approximate surface area is 139 Å². The average Bonchev–Trinajstić information content (AvgIpc) is 3.18. The quantitative estimate of drug-likeness (QED) is 0.529. The molecule has 0 fully saturated rings. The van der Waals surface area contributed by atoms with Crippen molar-refractivity contribution in [1.82, 2.24) is 10.2 Å². The summed E-state index contributed by atoms with van der Waals surface area (Å²) in [7, 11) is 0. The minimum absolute atomic E-state index is 0.0790. The van der Waals surface area contributed by atoms with Crippen LogP contribution in [0.15, 0.2) is 50.2 Å². The zero-order valence-electron chi connectivity index (χ0n) is 12.1. The Balaban J connectivity index is 1.70. The minimum Gasteiger partial charge on any atom is -0.467 e. The number of furan rings is 1. The van der Waals surface area contributed by atoms with Gasteiger partial charge in [-0.25, -0.2) is 0 Å². The van der Waals surface area contributed by atoms with E-state index < -0.39 is 0 Å². The Morgan fingerprint density at radius 1 is 1.39 bits per heavy atom. The zero-order chi connectivity index (χ0) is 16.2. The first-order chi connectivity index (χ1) is 11.1. The van der Waals surface area contributed by atoms with E-state index in [2.05, 4.69) is 15.5 Å². The van der Waals surface area contributed by atoms with Crippen molar-refractivity contribution >= 4 is 33.9 Å². The molecule has 1 N–H and O–H groups in total. The summed E-state index contributed by atoms with van der Waals surface area (Å²) in [4.78, 5) is 11.3. The Bertz CT molecular complexity index is 817. The van der Waals surface area contributed by atoms with Gasteiger partial charge in [0.25, 0.3) is 5.69 Å². The molecule has 0 spiro atoms. The second kappa shape index (κ2) is 6.80. The lowest BCUT2D eigenvalue weighted by Gasteiger charge is -2.01. The number of hydrogen-bond donors (Lipinski definition) is 1. The first-order valence-corrected chi connectivity index (χ1v) is 8.28. The summed E-state index contributed by atoms with van der Waals surface area (Å²) in [5.74, 6) is 0.795. The molecule has 3 aromatic rings. The molecule has 0 aliphatic carbocycles. The van der Waals surface area contributed by atoms with Gasteiger partial charge in [-0.3, -0.25) is 10.1 Å². The van der Waals surface area contributed by atoms with Gasteiger partial charge in [0.2, 0.25) is 5.13 Å². The van der Waals surface area contributed by atoms with Gasteiger partial charge in [-0.15, -0.1) is 10.2 Å². The summed E-state index contributed by atoms with van der Waals surface area (Å²) in [6, 6.07) is 8.80. The molecule has 1 aromatic carbocycles. The second-order valence-electron chi connectivity index (χ2n) is 4.64. The third-order valence-corrected chi connectivity index (χ3v) is 4.91. The van der Waals surface area contributed by atoms with Gasteiger partial charge in [0.15, 0.2) is 4.34 Å². The third kappa shape index (κ3) is 3.88. The molecule has 0 atom stereocenters. The summed E-state index contributed by atoms with van der Waals surface area (Å²) < 4.78 is 5.86. The van der Waals surface area contributed by atoms with Crippen LogP contribution in [0.2, 0.25) is 0 Å². The highest BCUT2D eigenvalue weighted by Gasteiger charge is 2.17. The molecule has 0 saturated carbocycles. The maximum absolute atomic E-state index is 11.1. The molecule has 7 nitrogen and oxygen atoms in total. The van der Waals surface area contributed by atoms with Crippen LogP contribution in [0.1, 0.15) is 11.3 Å². The van der Waals surface area contributed by atoms with Gasteiger partial charge in [-0.2, -0.15) is 0 Å². The molecule has 0 amide bonds. The Morgan fingerprint density at radius 2 is 2.26 bits per heavy atom. The maximum Gasteiger partial charge on any atom is 0.283 e. The van der Waals surface area contributed by atoms with Crippen LogP contribution in [-0.4, -0.2) is 15.1 Å². The molecule has 0 bridgehead atoms. The third-order valence-electron chi connectivity index (χ3n) is 2.91. The van der Waals surface area contributed by atoms with Gasteiger partial charge in [0.05, 0.1) is 22.6 Å². The van der Waals surface area contributed by atoms with Crippen LogP contribution < -0.4 is 5.32 Å². The number of anilines is 1. The van der Waals surface area contributed by atoms with Crippen molar-refractivity contribution in [2.45, 2.75) is 22.7 Å². The number of nitrogens with zero attached hydrogens (tertiary/aromatic N) is 3. The van der Waals surface area contributed by atoms with Gasteiger partial charge in [-0.05, 0) is 42.4 Å². The van der Waals surface area contributed by atoms with Crippen molar-refractivity contribution in [2.24, 2.45) is 0 Å². The minimum atomic E-state index is -0.383. The maximum atomic E-state index is 11.1. The molecule has 0 unspecified atom stereocenters. The van der Waals surface area contributed by atoms with E-state index in [0.29, 0.717) is 20.9 Å². The van der Waals surface area contributed by atoms with Crippen molar-refractivity contribution in [3.63, 3.8) is 0 Å². The van der Waals surface area contributed by atoms with Crippen molar-refractivity contribution in [3.8, 4) is 0 Å². The lowest BCUT2D eigenvalue weighted by Crippen LogP contribution is -1.96. The van der Waals surface area contributed by atoms with Crippen molar-refractivity contribution < 1.29 is 9.34 Å². The van der Waals surface area contributed by atoms with Gasteiger partial charge < -0.3 is 9.73 Å². The molecule has 9 heteroatoms. The molecule has 23 heavy (non-hydrogen) atoms. The van der Waals surface area contributed by atoms with Crippen molar-refractivity contribution in [2.75, 3.05) is 5.32 Å². The van der Waals surface area contributed by atoms with Gasteiger partial charge in [0, 0.05) is 6.07 Å². The monoisotopic (exact) mass is 348 g/mol. The zero-order valence-corrected chi connectivity index (χ0v) is 13.7. The number of rotatable bonds is 6. The molecule has 118 valence electrons. The molecule has 2 heterocycles. The topological polar surface area (TPSA) is 94.1 Å². The standard InChI is InChI=1S/C14H12N4O3S2/c1-9-4-5-12(11(7-9)18(19)20)22-14-17-16-13(23-14)15-8-10-3-2-6-21-10/h2-7H,8H2,1H3,(H,15,16). The molecular weight excluding hydrogens is 336 g/mol. The van der Waals surface area contributed by atoms with E-state index in [1.807, 2.05) is 25.1 Å². The summed E-state index contributed by atoms with van der Waals surface area (Å²) in [5.41, 5.74) is 0.925. The lowest BCUT2D eigenvalue weighted by molar-refractivity contribution is -0.387. The molecule has 0 saturated heterocycles. The molecule has 3 rings (SSSR count). The van der Waals surface area contributed by atoms with Crippen LogP contribution >= 0.6 is 23.1 Å². The van der Waals surface area contributed by atoms with Crippen LogP contribution in [0.25, 0.3) is 0 Å². The molecule has 0 aliphatic heterocycles. The first-order valence-electron chi connectivity index (χ1n) is 6.64. The fourth-order valence-corrected chi connectivity index (χ4v) is 3.64. The summed E-state index contributed by atoms with van der Waals surface area (Å²) >= 11 is 2.57. The van der Waals surface area contributed by atoms with Crippen LogP contribution in [0.4, 0.5) is 10.8 Å². The number of aromatic nitrogens is 2. The van der Waals surface area contributed by atoms with Crippen LogP contribution in [0.5, 0.6) is 0 Å². The smallest absolute Gasteiger partial charge is 0.283 e. The van der Waals surface area contributed by atoms with E-state index in [0.717, 1.165) is 11.3 Å². The van der Waals surface area contributed by atoms with E-state index in [4.69, 9.17) is 4.42 Å². The van der Waals surface area contributed by atoms with Gasteiger partial charge in [0.1, 0.15) is 5.76 Å². The number of benzene rings is 1. The fourth-order valence-electron chi connectivity index (χ4n) is 1.85. The normalized spacial score (nSPS) is 10.7. The first kappa shape index (κ1) is 15.5. The van der Waals surface area contributed by atoms with E-state index >= 15 is 0 Å². The fraction of sp³-hybridized carbons (Fsp3) is 0.143. The molecule has 2 aromatic heterocycles. The SMILES string of the molecule is Cc1ccc(Sc2nnc(NCc3ccco3)s2)c([N+](=O)[O-])c1. The van der Waals surface area contributed by atoms with Crippen LogP contribution in [0.3, 0.4) is 0 Å². The number of nitrogens with one attached hydrogen (secondary N) is 1. The molecule has 0 aliphatic rings. The highest BCUT2D eigenvalue weighted by Crippen LogP contribution is 2.37. The van der Waals surface area contributed by atoms with E-state index in [-0.39, 0.29) is 10.6 Å². The Kier molecular flexibility index (Phi) is 4.58. The van der Waals surface area contributed by atoms with E-state index in [1.54, 1.807) is 18.4 Å². The predicted octanol–water partition coefficient (Wildman–Crippen LogP) is 4.11. The Hall–Kier alpha value is -2.39. The van der Waals surface area contributed by atoms with Gasteiger partial charge >= 0.3 is 0 Å². The van der Waals surface area contributed by atoms with Crippen LogP contribution in [0, 0.1) is 17.0 Å². The highest BCUT2D eigenvalue weighted by atomic mass is 32.2.